The van der Waals surface area contributed by atoms with Crippen molar-refractivity contribution < 1.29 is 34.1 Å². The van der Waals surface area contributed by atoms with Gasteiger partial charge in [-0.15, -0.1) is 21.5 Å². The van der Waals surface area contributed by atoms with Crippen LogP contribution in [0.2, 0.25) is 0 Å². The summed E-state index contributed by atoms with van der Waals surface area (Å²) >= 11 is 1.57. The minimum absolute atomic E-state index is 0.0318. The molecule has 312 valence electrons. The molecule has 1 aliphatic heterocycles. The zero-order valence-corrected chi connectivity index (χ0v) is 34.6. The highest BCUT2D eigenvalue weighted by Gasteiger charge is 2.67. The number of β-amino-alcohol motifs (C(OH)–C–C–N with tert-alkyl or cyclic N) is 1. The number of anilines is 1. The molecule has 8 rings (SSSR count). The number of rotatable bonds is 15. The Balaban J connectivity index is 0.853. The molecule has 2 aromatic heterocycles. The topological polar surface area (TPSA) is 222 Å². The first-order valence-corrected chi connectivity index (χ1v) is 20.8. The highest BCUT2D eigenvalue weighted by atomic mass is 32.1. The van der Waals surface area contributed by atoms with Gasteiger partial charge in [-0.3, -0.25) is 19.2 Å². The number of aromatic nitrogens is 3. The molecule has 2 bridgehead atoms. The van der Waals surface area contributed by atoms with E-state index in [9.17, 15) is 29.4 Å². The summed E-state index contributed by atoms with van der Waals surface area (Å²) in [6.45, 7) is 8.04. The monoisotopic (exact) mass is 824 g/mol. The number of benzene rings is 2. The molecule has 3 atom stereocenters. The zero-order valence-electron chi connectivity index (χ0n) is 33.8. The third kappa shape index (κ3) is 9.18. The van der Waals surface area contributed by atoms with Crippen molar-refractivity contribution in [3.8, 4) is 33.2 Å². The van der Waals surface area contributed by atoms with Crippen molar-refractivity contribution in [2.75, 3.05) is 18.9 Å². The molecule has 3 heterocycles. The summed E-state index contributed by atoms with van der Waals surface area (Å²) < 4.78 is 5.98. The van der Waals surface area contributed by atoms with E-state index in [4.69, 9.17) is 10.5 Å². The molecule has 0 unspecified atom stereocenters. The zero-order chi connectivity index (χ0) is 42.1. The van der Waals surface area contributed by atoms with Crippen molar-refractivity contribution in [2.24, 2.45) is 10.8 Å². The molecule has 4 aromatic rings. The summed E-state index contributed by atoms with van der Waals surface area (Å²) in [5, 5.41) is 37.7. The van der Waals surface area contributed by atoms with E-state index in [0.717, 1.165) is 47.4 Å². The number of carbonyl (C=O) groups is 4. The molecule has 1 saturated heterocycles. The predicted molar refractivity (Wildman–Crippen MR) is 222 cm³/mol. The summed E-state index contributed by atoms with van der Waals surface area (Å²) in [7, 11) is 0. The molecule has 59 heavy (non-hydrogen) atoms. The molecular formula is C43H52N8O7S. The van der Waals surface area contributed by atoms with Crippen LogP contribution in [0.15, 0.2) is 60.1 Å². The van der Waals surface area contributed by atoms with Crippen LogP contribution < -0.4 is 26.4 Å². The lowest BCUT2D eigenvalue weighted by Crippen LogP contribution is -2.74. The molecule has 4 aliphatic rings. The smallest absolute Gasteiger partial charge is 0.246 e. The quantitative estimate of drug-likeness (QED) is 0.0994. The third-order valence-corrected chi connectivity index (χ3v) is 12.7. The normalized spacial score (nSPS) is 22.4. The number of nitrogens with one attached hydrogen (secondary N) is 3. The highest BCUT2D eigenvalue weighted by molar-refractivity contribution is 7.13. The van der Waals surface area contributed by atoms with Gasteiger partial charge in [0.15, 0.2) is 11.6 Å². The van der Waals surface area contributed by atoms with Gasteiger partial charge < -0.3 is 41.5 Å². The summed E-state index contributed by atoms with van der Waals surface area (Å²) in [5.41, 5.74) is 10.7. The SMILES string of the molecule is Cc1ncsc1-c1ccc(CNC(=O)[C@@H]2C[C@@H](O)CN2C(=O)[C@@H](NC(=O)CCC(=O)NC23CC(CCOc4cc(-c5ccccc5O)nnc4N)(C2)C3)C(C)(C)C)cc1. The van der Waals surface area contributed by atoms with Crippen LogP contribution in [-0.4, -0.2) is 90.8 Å². The van der Waals surface area contributed by atoms with E-state index in [2.05, 4.69) is 31.1 Å². The highest BCUT2D eigenvalue weighted by Crippen LogP contribution is 2.69. The van der Waals surface area contributed by atoms with Gasteiger partial charge in [0.2, 0.25) is 23.6 Å². The molecule has 3 saturated carbocycles. The number of para-hydroxylation sites is 1. The van der Waals surface area contributed by atoms with Crippen LogP contribution in [0.4, 0.5) is 5.82 Å². The predicted octanol–water partition coefficient (Wildman–Crippen LogP) is 4.26. The average Bonchev–Trinajstić information content (AvgIpc) is 3.79. The number of nitrogens with zero attached hydrogens (tertiary/aromatic N) is 4. The Morgan fingerprint density at radius 3 is 2.42 bits per heavy atom. The number of aromatic hydroxyl groups is 1. The van der Waals surface area contributed by atoms with Gasteiger partial charge in [-0.05, 0) is 66.7 Å². The number of nitrogens with two attached hydrogens (primary N) is 1. The van der Waals surface area contributed by atoms with Gasteiger partial charge >= 0.3 is 0 Å². The number of thiazole rings is 1. The summed E-state index contributed by atoms with van der Waals surface area (Å²) in [4.78, 5) is 60.4. The van der Waals surface area contributed by atoms with E-state index in [0.29, 0.717) is 23.6 Å². The van der Waals surface area contributed by atoms with Crippen LogP contribution in [0.5, 0.6) is 11.5 Å². The Kier molecular flexibility index (Phi) is 11.7. The lowest BCUT2D eigenvalue weighted by Gasteiger charge is -2.71. The number of carbonyl (C=O) groups excluding carboxylic acids is 4. The standard InChI is InChI=1S/C43H52N8O7S/c1-25-36(59-24-46-25)27-11-9-26(10-12-27)19-45-39(56)31-17-28(52)20-51(31)40(57)37(41(2,3)4)47-34(54)13-14-35(55)48-43-21-42(22-43,23-43)15-16-58-33-18-30(49-50-38(33)44)29-7-5-6-8-32(29)53/h5-12,18,24,28,31,37,52-53H,13-17,19-23H2,1-4H3,(H2,44,50)(H,45,56)(H,47,54)(H,48,55)/t28-,31+,37-,42?,43?/m1/s1. The lowest BCUT2D eigenvalue weighted by molar-refractivity contribution is -0.171. The second-order valence-corrected chi connectivity index (χ2v) is 18.3. The van der Waals surface area contributed by atoms with Crippen molar-refractivity contribution in [3.05, 3.63) is 71.4 Å². The Hall–Kier alpha value is -5.61. The largest absolute Gasteiger partial charge is 0.507 e. The minimum atomic E-state index is -0.989. The fourth-order valence-electron chi connectivity index (χ4n) is 8.69. The van der Waals surface area contributed by atoms with Crippen molar-refractivity contribution in [2.45, 2.75) is 103 Å². The number of aryl methyl sites for hydroxylation is 1. The number of phenolic OH excluding ortho intramolecular Hbond substituents is 1. The summed E-state index contributed by atoms with van der Waals surface area (Å²) in [5.74, 6) is -0.899. The molecule has 4 fully saturated rings. The van der Waals surface area contributed by atoms with E-state index < -0.39 is 35.4 Å². The van der Waals surface area contributed by atoms with Crippen molar-refractivity contribution >= 4 is 40.8 Å². The lowest BCUT2D eigenvalue weighted by atomic mass is 9.38. The maximum Gasteiger partial charge on any atom is 0.246 e. The van der Waals surface area contributed by atoms with Crippen molar-refractivity contribution in [1.82, 2.24) is 36.0 Å². The van der Waals surface area contributed by atoms with Crippen LogP contribution in [0.25, 0.3) is 21.7 Å². The second kappa shape index (κ2) is 16.6. The molecule has 2 aromatic carbocycles. The molecule has 0 radical (unpaired) electrons. The van der Waals surface area contributed by atoms with Gasteiger partial charge in [0.1, 0.15) is 23.5 Å². The number of aliphatic hydroxyl groups is 1. The number of aliphatic hydroxyl groups excluding tert-OH is 1. The fraction of sp³-hybridized carbons (Fsp3) is 0.465. The van der Waals surface area contributed by atoms with E-state index in [1.54, 1.807) is 41.7 Å². The molecule has 0 spiro atoms. The Bertz CT molecular complexity index is 2200. The molecule has 7 N–H and O–H groups in total. The van der Waals surface area contributed by atoms with Gasteiger partial charge in [0.25, 0.3) is 0 Å². The number of phenols is 1. The number of nitrogen functional groups attached to an aromatic ring is 1. The summed E-state index contributed by atoms with van der Waals surface area (Å²) in [6.07, 6.45) is 2.24. The molecule has 16 heteroatoms. The van der Waals surface area contributed by atoms with E-state index >= 15 is 0 Å². The minimum Gasteiger partial charge on any atom is -0.507 e. The number of hydrogen-bond donors (Lipinski definition) is 6. The van der Waals surface area contributed by atoms with E-state index in [1.807, 2.05) is 57.5 Å². The first-order valence-electron chi connectivity index (χ1n) is 19.9. The summed E-state index contributed by atoms with van der Waals surface area (Å²) in [6, 6.07) is 14.4. The Morgan fingerprint density at radius 1 is 1.03 bits per heavy atom. The maximum atomic E-state index is 14.0. The third-order valence-electron chi connectivity index (χ3n) is 11.7. The number of ether oxygens (including phenoxy) is 1. The Labute approximate surface area is 347 Å². The van der Waals surface area contributed by atoms with Gasteiger partial charge in [-0.2, -0.15) is 0 Å². The van der Waals surface area contributed by atoms with Crippen molar-refractivity contribution in [3.63, 3.8) is 0 Å². The van der Waals surface area contributed by atoms with Crippen LogP contribution in [0, 0.1) is 17.8 Å². The first-order chi connectivity index (χ1) is 28.0. The first kappa shape index (κ1) is 41.5. The van der Waals surface area contributed by atoms with Crippen molar-refractivity contribution in [1.29, 1.82) is 0 Å². The second-order valence-electron chi connectivity index (χ2n) is 17.4. The number of likely N-dealkylation sites (tertiary alicyclic amines) is 1. The van der Waals surface area contributed by atoms with Gasteiger partial charge in [0.05, 0.1) is 28.8 Å². The molecular weight excluding hydrogens is 773 g/mol. The van der Waals surface area contributed by atoms with Crippen LogP contribution >= 0.6 is 11.3 Å². The van der Waals surface area contributed by atoms with Gasteiger partial charge in [-0.25, -0.2) is 4.98 Å². The Morgan fingerprint density at radius 2 is 1.75 bits per heavy atom. The van der Waals surface area contributed by atoms with E-state index in [1.165, 1.54) is 4.90 Å². The van der Waals surface area contributed by atoms with Gasteiger partial charge in [0, 0.05) is 49.5 Å². The molecule has 3 aliphatic carbocycles. The van der Waals surface area contributed by atoms with Crippen LogP contribution in [0.3, 0.4) is 0 Å². The van der Waals surface area contributed by atoms with E-state index in [-0.39, 0.29) is 66.7 Å². The number of amides is 4. The number of hydrogen-bond acceptors (Lipinski definition) is 12. The fourth-order valence-corrected chi connectivity index (χ4v) is 9.51. The molecule has 15 nitrogen and oxygen atoms in total. The maximum absolute atomic E-state index is 14.0. The van der Waals surface area contributed by atoms with Gasteiger partial charge in [-0.1, -0.05) is 57.2 Å². The van der Waals surface area contributed by atoms with Crippen LogP contribution in [-0.2, 0) is 25.7 Å². The average molecular weight is 825 g/mol. The van der Waals surface area contributed by atoms with Crippen LogP contribution in [0.1, 0.15) is 77.0 Å². The molecule has 4 amide bonds.